The SMILES string of the molecule is CC(=O)Nc1ccc(CC(N)C=O)cc1. The van der Waals surface area contributed by atoms with Gasteiger partial charge in [0.15, 0.2) is 0 Å². The van der Waals surface area contributed by atoms with Gasteiger partial charge in [0.2, 0.25) is 5.91 Å². The maximum Gasteiger partial charge on any atom is 0.221 e. The van der Waals surface area contributed by atoms with E-state index in [-0.39, 0.29) is 5.91 Å². The molecule has 0 radical (unpaired) electrons. The molecule has 80 valence electrons. The normalized spacial score (nSPS) is 11.9. The molecular weight excluding hydrogens is 192 g/mol. The Morgan fingerprint density at radius 2 is 2.07 bits per heavy atom. The molecule has 0 aliphatic heterocycles. The molecule has 0 saturated carbocycles. The van der Waals surface area contributed by atoms with E-state index < -0.39 is 6.04 Å². The summed E-state index contributed by atoms with van der Waals surface area (Å²) in [6.07, 6.45) is 1.24. The second kappa shape index (κ2) is 5.26. The van der Waals surface area contributed by atoms with Gasteiger partial charge in [-0.15, -0.1) is 0 Å². The van der Waals surface area contributed by atoms with Crippen molar-refractivity contribution in [1.29, 1.82) is 0 Å². The molecular formula is C11H14N2O2. The smallest absolute Gasteiger partial charge is 0.221 e. The van der Waals surface area contributed by atoms with Crippen LogP contribution in [0.15, 0.2) is 24.3 Å². The van der Waals surface area contributed by atoms with Crippen molar-refractivity contribution in [2.45, 2.75) is 19.4 Å². The van der Waals surface area contributed by atoms with E-state index in [9.17, 15) is 9.59 Å². The molecule has 0 spiro atoms. The monoisotopic (exact) mass is 206 g/mol. The van der Waals surface area contributed by atoms with E-state index in [2.05, 4.69) is 5.32 Å². The second-order valence-corrected chi connectivity index (χ2v) is 3.38. The van der Waals surface area contributed by atoms with E-state index in [1.165, 1.54) is 6.92 Å². The molecule has 4 heteroatoms. The first-order chi connectivity index (χ1) is 7.11. The maximum absolute atomic E-state index is 10.7. The van der Waals surface area contributed by atoms with Gasteiger partial charge in [-0.25, -0.2) is 0 Å². The maximum atomic E-state index is 10.7. The van der Waals surface area contributed by atoms with Crippen LogP contribution in [-0.4, -0.2) is 18.2 Å². The van der Waals surface area contributed by atoms with Crippen molar-refractivity contribution >= 4 is 17.9 Å². The number of anilines is 1. The number of hydrogen-bond donors (Lipinski definition) is 2. The van der Waals surface area contributed by atoms with Crippen LogP contribution >= 0.6 is 0 Å². The van der Waals surface area contributed by atoms with Crippen LogP contribution in [0.25, 0.3) is 0 Å². The van der Waals surface area contributed by atoms with E-state index in [0.29, 0.717) is 6.42 Å². The molecule has 1 rings (SSSR count). The molecule has 0 fully saturated rings. The average molecular weight is 206 g/mol. The third-order valence-electron chi connectivity index (χ3n) is 1.92. The standard InChI is InChI=1S/C11H14N2O2/c1-8(15)13-11-4-2-9(3-5-11)6-10(12)7-14/h2-5,7,10H,6,12H2,1H3,(H,13,15). The van der Waals surface area contributed by atoms with Gasteiger partial charge in [0.05, 0.1) is 6.04 Å². The van der Waals surface area contributed by atoms with Crippen LogP contribution < -0.4 is 11.1 Å². The van der Waals surface area contributed by atoms with Crippen LogP contribution in [0.2, 0.25) is 0 Å². The molecule has 3 N–H and O–H groups in total. The zero-order chi connectivity index (χ0) is 11.3. The highest BCUT2D eigenvalue weighted by Crippen LogP contribution is 2.10. The third kappa shape index (κ3) is 3.91. The number of nitrogens with two attached hydrogens (primary N) is 1. The Balaban J connectivity index is 2.63. The van der Waals surface area contributed by atoms with Gasteiger partial charge in [-0.05, 0) is 24.1 Å². The van der Waals surface area contributed by atoms with Gasteiger partial charge in [0.25, 0.3) is 0 Å². The van der Waals surface area contributed by atoms with Crippen molar-refractivity contribution in [3.8, 4) is 0 Å². The largest absolute Gasteiger partial charge is 0.326 e. The van der Waals surface area contributed by atoms with Gasteiger partial charge in [-0.1, -0.05) is 12.1 Å². The average Bonchev–Trinajstić information content (AvgIpc) is 2.20. The molecule has 0 bridgehead atoms. The molecule has 15 heavy (non-hydrogen) atoms. The van der Waals surface area contributed by atoms with Crippen molar-refractivity contribution in [2.24, 2.45) is 5.73 Å². The first-order valence-electron chi connectivity index (χ1n) is 4.69. The van der Waals surface area contributed by atoms with E-state index in [1.54, 1.807) is 12.1 Å². The summed E-state index contributed by atoms with van der Waals surface area (Å²) < 4.78 is 0. The minimum Gasteiger partial charge on any atom is -0.326 e. The van der Waals surface area contributed by atoms with Gasteiger partial charge in [0, 0.05) is 12.6 Å². The first kappa shape index (κ1) is 11.4. The first-order valence-corrected chi connectivity index (χ1v) is 4.69. The van der Waals surface area contributed by atoms with Crippen LogP contribution in [0.3, 0.4) is 0 Å². The molecule has 0 saturated heterocycles. The fraction of sp³-hybridized carbons (Fsp3) is 0.273. The molecule has 1 aromatic carbocycles. The van der Waals surface area contributed by atoms with Crippen molar-refractivity contribution in [3.63, 3.8) is 0 Å². The summed E-state index contributed by atoms with van der Waals surface area (Å²) in [6, 6.07) is 6.79. The highest BCUT2D eigenvalue weighted by molar-refractivity contribution is 5.88. The molecule has 0 heterocycles. The van der Waals surface area contributed by atoms with Gasteiger partial charge >= 0.3 is 0 Å². The Hall–Kier alpha value is -1.68. The van der Waals surface area contributed by atoms with Gasteiger partial charge in [-0.2, -0.15) is 0 Å². The molecule has 1 aromatic rings. The lowest BCUT2D eigenvalue weighted by Gasteiger charge is -2.06. The van der Waals surface area contributed by atoms with E-state index in [1.807, 2.05) is 12.1 Å². The number of aldehydes is 1. The summed E-state index contributed by atoms with van der Waals surface area (Å²) in [5.74, 6) is -0.104. The van der Waals surface area contributed by atoms with Crippen molar-refractivity contribution in [2.75, 3.05) is 5.32 Å². The molecule has 0 aromatic heterocycles. The Kier molecular flexibility index (Phi) is 4.00. The Labute approximate surface area is 88.5 Å². The lowest BCUT2D eigenvalue weighted by atomic mass is 10.1. The summed E-state index contributed by atoms with van der Waals surface area (Å²) in [6.45, 7) is 1.45. The van der Waals surface area contributed by atoms with Crippen LogP contribution in [0.4, 0.5) is 5.69 Å². The summed E-state index contributed by atoms with van der Waals surface area (Å²) in [4.78, 5) is 21.1. The molecule has 1 amide bonds. The van der Waals surface area contributed by atoms with Gasteiger partial charge in [0.1, 0.15) is 6.29 Å². The molecule has 0 aliphatic carbocycles. The Bertz CT molecular complexity index is 346. The highest BCUT2D eigenvalue weighted by Gasteiger charge is 2.02. The molecule has 0 aliphatic rings. The molecule has 1 atom stereocenters. The van der Waals surface area contributed by atoms with Gasteiger partial charge < -0.3 is 15.8 Å². The van der Waals surface area contributed by atoms with Crippen LogP contribution in [0.5, 0.6) is 0 Å². The van der Waals surface area contributed by atoms with Crippen LogP contribution in [0, 0.1) is 0 Å². The predicted molar refractivity (Wildman–Crippen MR) is 58.5 cm³/mol. The number of hydrogen-bond acceptors (Lipinski definition) is 3. The fourth-order valence-electron chi connectivity index (χ4n) is 1.25. The van der Waals surface area contributed by atoms with E-state index in [0.717, 1.165) is 17.5 Å². The minimum atomic E-state index is -0.461. The highest BCUT2D eigenvalue weighted by atomic mass is 16.1. The van der Waals surface area contributed by atoms with Crippen LogP contribution in [-0.2, 0) is 16.0 Å². The summed E-state index contributed by atoms with van der Waals surface area (Å²) in [5, 5.41) is 2.66. The summed E-state index contributed by atoms with van der Waals surface area (Å²) in [5.41, 5.74) is 7.20. The molecule has 1 unspecified atom stereocenters. The Morgan fingerprint density at radius 3 is 2.53 bits per heavy atom. The Morgan fingerprint density at radius 1 is 1.47 bits per heavy atom. The number of benzene rings is 1. The quantitative estimate of drug-likeness (QED) is 0.713. The van der Waals surface area contributed by atoms with Crippen molar-refractivity contribution in [1.82, 2.24) is 0 Å². The summed E-state index contributed by atoms with van der Waals surface area (Å²) >= 11 is 0. The topological polar surface area (TPSA) is 72.2 Å². The zero-order valence-corrected chi connectivity index (χ0v) is 8.57. The fourth-order valence-corrected chi connectivity index (χ4v) is 1.25. The lowest BCUT2D eigenvalue weighted by Crippen LogP contribution is -2.23. The van der Waals surface area contributed by atoms with Crippen molar-refractivity contribution in [3.05, 3.63) is 29.8 Å². The third-order valence-corrected chi connectivity index (χ3v) is 1.92. The predicted octanol–water partition coefficient (Wildman–Crippen LogP) is 0.714. The number of nitrogens with one attached hydrogen (secondary N) is 1. The second-order valence-electron chi connectivity index (χ2n) is 3.38. The molecule has 4 nitrogen and oxygen atoms in total. The van der Waals surface area contributed by atoms with E-state index in [4.69, 9.17) is 5.73 Å². The lowest BCUT2D eigenvalue weighted by molar-refractivity contribution is -0.114. The minimum absolute atomic E-state index is 0.104. The summed E-state index contributed by atoms with van der Waals surface area (Å²) in [7, 11) is 0. The van der Waals surface area contributed by atoms with Crippen LogP contribution in [0.1, 0.15) is 12.5 Å². The number of carbonyl (C=O) groups excluding carboxylic acids is 2. The van der Waals surface area contributed by atoms with Crippen molar-refractivity contribution < 1.29 is 9.59 Å². The number of amides is 1. The van der Waals surface area contributed by atoms with Gasteiger partial charge in [-0.3, -0.25) is 4.79 Å². The van der Waals surface area contributed by atoms with E-state index >= 15 is 0 Å². The number of carbonyl (C=O) groups is 2. The number of rotatable bonds is 4. The zero-order valence-electron chi connectivity index (χ0n) is 8.57.